The molecule has 1 N–H and O–H groups in total. The summed E-state index contributed by atoms with van der Waals surface area (Å²) < 4.78 is 5.77. The summed E-state index contributed by atoms with van der Waals surface area (Å²) in [7, 11) is 0. The number of hydrogen-bond donors (Lipinski definition) is 1. The lowest BCUT2D eigenvalue weighted by Gasteiger charge is -2.11. The van der Waals surface area contributed by atoms with E-state index in [4.69, 9.17) is 4.42 Å². The molecule has 0 amide bonds. The highest BCUT2D eigenvalue weighted by Crippen LogP contribution is 2.17. The van der Waals surface area contributed by atoms with E-state index >= 15 is 0 Å². The minimum absolute atomic E-state index is 0.188. The molecule has 20 heavy (non-hydrogen) atoms. The monoisotopic (exact) mass is 293 g/mol. The van der Waals surface area contributed by atoms with Gasteiger partial charge in [0.1, 0.15) is 0 Å². The van der Waals surface area contributed by atoms with Crippen LogP contribution >= 0.6 is 11.3 Å². The Kier molecular flexibility index (Phi) is 6.21. The lowest BCUT2D eigenvalue weighted by atomic mass is 10.2. The molecule has 0 aliphatic rings. The fourth-order valence-electron chi connectivity index (χ4n) is 2.10. The Hall–Kier alpha value is -1.20. The topological polar surface area (TPSA) is 51.0 Å². The fourth-order valence-corrected chi connectivity index (χ4v) is 2.85. The van der Waals surface area contributed by atoms with Gasteiger partial charge >= 0.3 is 0 Å². The molecule has 0 fully saturated rings. The van der Waals surface area contributed by atoms with E-state index in [1.807, 2.05) is 0 Å². The molecule has 0 saturated carbocycles. The molecular formula is C15H23N3OS. The third-order valence-electron chi connectivity index (χ3n) is 3.22. The molecule has 0 radical (unpaired) electrons. The second-order valence-electron chi connectivity index (χ2n) is 4.88. The zero-order chi connectivity index (χ0) is 14.2. The van der Waals surface area contributed by atoms with Crippen LogP contribution in [-0.4, -0.2) is 16.7 Å². The van der Waals surface area contributed by atoms with Crippen molar-refractivity contribution < 1.29 is 4.42 Å². The molecule has 0 saturated heterocycles. The highest BCUT2D eigenvalue weighted by atomic mass is 32.1. The van der Waals surface area contributed by atoms with Gasteiger partial charge in [-0.1, -0.05) is 19.9 Å². The standard InChI is InChI=1S/C15H23N3OS/c1-3-10-16-13(4-2)15-18-17-14(19-15)9-5-7-12-8-6-11-20-12/h6,8,11,13,16H,3-5,7,9-10H2,1-2H3. The first-order valence-electron chi connectivity index (χ1n) is 7.41. The van der Waals surface area contributed by atoms with Gasteiger partial charge in [0.05, 0.1) is 6.04 Å². The van der Waals surface area contributed by atoms with E-state index in [9.17, 15) is 0 Å². The fraction of sp³-hybridized carbons (Fsp3) is 0.600. The Bertz CT molecular complexity index is 481. The van der Waals surface area contributed by atoms with Gasteiger partial charge < -0.3 is 9.73 Å². The Balaban J connectivity index is 1.81. The molecule has 110 valence electrons. The van der Waals surface area contributed by atoms with Crippen LogP contribution in [0.2, 0.25) is 0 Å². The molecule has 2 rings (SSSR count). The van der Waals surface area contributed by atoms with Crippen LogP contribution in [-0.2, 0) is 12.8 Å². The van der Waals surface area contributed by atoms with Crippen LogP contribution in [0.4, 0.5) is 0 Å². The van der Waals surface area contributed by atoms with Crippen molar-refractivity contribution in [1.29, 1.82) is 0 Å². The Morgan fingerprint density at radius 1 is 1.30 bits per heavy atom. The van der Waals surface area contributed by atoms with Crippen LogP contribution in [0.3, 0.4) is 0 Å². The average Bonchev–Trinajstić information content (AvgIpc) is 3.12. The summed E-state index contributed by atoms with van der Waals surface area (Å²) in [6.07, 6.45) is 5.08. The average molecular weight is 293 g/mol. The molecule has 2 aromatic rings. The van der Waals surface area contributed by atoms with Crippen molar-refractivity contribution in [2.75, 3.05) is 6.54 Å². The van der Waals surface area contributed by atoms with E-state index < -0.39 is 0 Å². The quantitative estimate of drug-likeness (QED) is 0.765. The van der Waals surface area contributed by atoms with Gasteiger partial charge in [0, 0.05) is 11.3 Å². The van der Waals surface area contributed by atoms with Gasteiger partial charge in [-0.05, 0) is 43.7 Å². The number of aryl methyl sites for hydroxylation is 2. The Morgan fingerprint density at radius 2 is 2.20 bits per heavy atom. The van der Waals surface area contributed by atoms with Gasteiger partial charge in [0.15, 0.2) is 0 Å². The van der Waals surface area contributed by atoms with Crippen LogP contribution in [0.25, 0.3) is 0 Å². The van der Waals surface area contributed by atoms with E-state index in [-0.39, 0.29) is 6.04 Å². The second kappa shape index (κ2) is 8.17. The first-order valence-corrected chi connectivity index (χ1v) is 8.29. The second-order valence-corrected chi connectivity index (χ2v) is 5.91. The van der Waals surface area contributed by atoms with Crippen molar-refractivity contribution in [3.05, 3.63) is 34.2 Å². The lowest BCUT2D eigenvalue weighted by Crippen LogP contribution is -2.21. The van der Waals surface area contributed by atoms with Crippen LogP contribution in [0.15, 0.2) is 21.9 Å². The van der Waals surface area contributed by atoms with E-state index in [0.717, 1.165) is 50.4 Å². The minimum atomic E-state index is 0.188. The van der Waals surface area contributed by atoms with E-state index in [0.29, 0.717) is 0 Å². The third kappa shape index (κ3) is 4.42. The van der Waals surface area contributed by atoms with Gasteiger partial charge in [-0.3, -0.25) is 0 Å². The summed E-state index contributed by atoms with van der Waals surface area (Å²) in [5.41, 5.74) is 0. The number of aromatic nitrogens is 2. The van der Waals surface area contributed by atoms with Crippen molar-refractivity contribution in [2.45, 2.75) is 52.0 Å². The lowest BCUT2D eigenvalue weighted by molar-refractivity contribution is 0.371. The van der Waals surface area contributed by atoms with Crippen LogP contribution < -0.4 is 5.32 Å². The maximum Gasteiger partial charge on any atom is 0.233 e. The minimum Gasteiger partial charge on any atom is -0.424 e. The number of hydrogen-bond acceptors (Lipinski definition) is 5. The zero-order valence-electron chi connectivity index (χ0n) is 12.3. The largest absolute Gasteiger partial charge is 0.424 e. The van der Waals surface area contributed by atoms with Gasteiger partial charge in [-0.15, -0.1) is 21.5 Å². The summed E-state index contributed by atoms with van der Waals surface area (Å²) in [6.45, 7) is 5.27. The molecule has 1 unspecified atom stereocenters. The van der Waals surface area contributed by atoms with E-state index in [1.165, 1.54) is 4.88 Å². The predicted molar refractivity (Wildman–Crippen MR) is 82.0 cm³/mol. The summed E-state index contributed by atoms with van der Waals surface area (Å²) in [6, 6.07) is 4.45. The van der Waals surface area contributed by atoms with Crippen LogP contribution in [0.5, 0.6) is 0 Å². The maximum atomic E-state index is 5.77. The Morgan fingerprint density at radius 3 is 2.90 bits per heavy atom. The van der Waals surface area contributed by atoms with Crippen molar-refractivity contribution in [1.82, 2.24) is 15.5 Å². The Labute approximate surface area is 124 Å². The van der Waals surface area contributed by atoms with E-state index in [2.05, 4.69) is 46.9 Å². The molecule has 2 aromatic heterocycles. The number of nitrogens with zero attached hydrogens (tertiary/aromatic N) is 2. The van der Waals surface area contributed by atoms with Crippen molar-refractivity contribution >= 4 is 11.3 Å². The molecule has 4 nitrogen and oxygen atoms in total. The summed E-state index contributed by atoms with van der Waals surface area (Å²) >= 11 is 1.80. The third-order valence-corrected chi connectivity index (χ3v) is 4.16. The van der Waals surface area contributed by atoms with Crippen molar-refractivity contribution in [2.24, 2.45) is 0 Å². The highest BCUT2D eigenvalue weighted by Gasteiger charge is 2.15. The smallest absolute Gasteiger partial charge is 0.233 e. The molecule has 0 aliphatic carbocycles. The van der Waals surface area contributed by atoms with Gasteiger partial charge in [-0.2, -0.15) is 0 Å². The van der Waals surface area contributed by atoms with Crippen LogP contribution in [0, 0.1) is 0 Å². The maximum absolute atomic E-state index is 5.77. The molecular weight excluding hydrogens is 270 g/mol. The highest BCUT2D eigenvalue weighted by molar-refractivity contribution is 7.09. The number of nitrogens with one attached hydrogen (secondary N) is 1. The molecule has 0 aliphatic heterocycles. The summed E-state index contributed by atoms with van der Waals surface area (Å²) in [5, 5.41) is 13.9. The SMILES string of the molecule is CCCNC(CC)c1nnc(CCCc2cccs2)o1. The molecule has 5 heteroatoms. The number of rotatable bonds is 9. The van der Waals surface area contributed by atoms with E-state index in [1.54, 1.807) is 11.3 Å². The summed E-state index contributed by atoms with van der Waals surface area (Å²) in [5.74, 6) is 1.49. The normalized spacial score (nSPS) is 12.7. The van der Waals surface area contributed by atoms with Gasteiger partial charge in [0.2, 0.25) is 11.8 Å². The molecule has 0 spiro atoms. The molecule has 1 atom stereocenters. The van der Waals surface area contributed by atoms with Crippen molar-refractivity contribution in [3.63, 3.8) is 0 Å². The molecule has 2 heterocycles. The first kappa shape index (κ1) is 15.2. The summed E-state index contributed by atoms with van der Waals surface area (Å²) in [4.78, 5) is 1.42. The predicted octanol–water partition coefficient (Wildman–Crippen LogP) is 3.76. The van der Waals surface area contributed by atoms with Crippen LogP contribution in [0.1, 0.15) is 55.8 Å². The van der Waals surface area contributed by atoms with Crippen molar-refractivity contribution in [3.8, 4) is 0 Å². The molecule has 0 bridgehead atoms. The molecule has 0 aromatic carbocycles. The zero-order valence-corrected chi connectivity index (χ0v) is 13.1. The number of thiophene rings is 1. The van der Waals surface area contributed by atoms with Gasteiger partial charge in [-0.25, -0.2) is 0 Å². The van der Waals surface area contributed by atoms with Gasteiger partial charge in [0.25, 0.3) is 0 Å². The first-order chi connectivity index (χ1) is 9.83.